The minimum absolute atomic E-state index is 0.0377. The summed E-state index contributed by atoms with van der Waals surface area (Å²) >= 11 is 0. The van der Waals surface area contributed by atoms with E-state index in [9.17, 15) is 4.79 Å². The van der Waals surface area contributed by atoms with Crippen LogP contribution in [0.4, 0.5) is 4.79 Å². The number of primary amides is 1. The molecule has 0 aliphatic carbocycles. The Bertz CT molecular complexity index is 431. The van der Waals surface area contributed by atoms with Gasteiger partial charge in [-0.3, -0.25) is 0 Å². The van der Waals surface area contributed by atoms with Crippen LogP contribution in [0, 0.1) is 0 Å². The van der Waals surface area contributed by atoms with E-state index >= 15 is 0 Å². The molecule has 0 aliphatic rings. The number of para-hydroxylation sites is 2. The van der Waals surface area contributed by atoms with Crippen LogP contribution in [0.15, 0.2) is 28.7 Å². The van der Waals surface area contributed by atoms with Crippen molar-refractivity contribution in [1.82, 2.24) is 4.98 Å². The van der Waals surface area contributed by atoms with Gasteiger partial charge in [-0.1, -0.05) is 12.1 Å². The van der Waals surface area contributed by atoms with E-state index in [1.54, 1.807) is 6.07 Å². The van der Waals surface area contributed by atoms with Crippen molar-refractivity contribution in [2.75, 3.05) is 0 Å². The first-order valence-corrected chi connectivity index (χ1v) is 4.02. The highest BCUT2D eigenvalue weighted by molar-refractivity contribution is 5.72. The molecule has 2 N–H and O–H groups in total. The second-order valence-corrected chi connectivity index (χ2v) is 2.68. The molecule has 2 rings (SSSR count). The zero-order chi connectivity index (χ0) is 9.97. The molecule has 1 aromatic carbocycles. The van der Waals surface area contributed by atoms with Crippen molar-refractivity contribution in [3.8, 4) is 0 Å². The zero-order valence-electron chi connectivity index (χ0n) is 7.27. The minimum atomic E-state index is -0.841. The highest BCUT2D eigenvalue weighted by Crippen LogP contribution is 2.14. The normalized spacial score (nSPS) is 10.3. The van der Waals surface area contributed by atoms with Gasteiger partial charge in [0.05, 0.1) is 0 Å². The molecule has 0 unspecified atom stereocenters. The van der Waals surface area contributed by atoms with Gasteiger partial charge >= 0.3 is 6.09 Å². The predicted molar refractivity (Wildman–Crippen MR) is 48.4 cm³/mol. The standard InChI is InChI=1S/C9H8N2O3/c10-9(12)13-5-8-11-6-3-1-2-4-7(6)14-8/h1-4H,5H2,(H2,10,12). The van der Waals surface area contributed by atoms with Gasteiger partial charge in [0.1, 0.15) is 5.52 Å². The van der Waals surface area contributed by atoms with Gasteiger partial charge in [-0.25, -0.2) is 9.78 Å². The second-order valence-electron chi connectivity index (χ2n) is 2.68. The molecule has 0 saturated carbocycles. The lowest BCUT2D eigenvalue weighted by Crippen LogP contribution is -2.12. The van der Waals surface area contributed by atoms with Crippen LogP contribution in [0.25, 0.3) is 11.1 Å². The molecule has 0 fully saturated rings. The molecule has 1 aromatic heterocycles. The van der Waals surface area contributed by atoms with E-state index < -0.39 is 6.09 Å². The summed E-state index contributed by atoms with van der Waals surface area (Å²) in [4.78, 5) is 14.4. The van der Waals surface area contributed by atoms with E-state index in [1.807, 2.05) is 18.2 Å². The van der Waals surface area contributed by atoms with Gasteiger partial charge in [-0.05, 0) is 12.1 Å². The number of hydrogen-bond acceptors (Lipinski definition) is 4. The third-order valence-corrected chi connectivity index (χ3v) is 1.68. The van der Waals surface area contributed by atoms with Crippen molar-refractivity contribution >= 4 is 17.2 Å². The monoisotopic (exact) mass is 192 g/mol. The van der Waals surface area contributed by atoms with Crippen molar-refractivity contribution < 1.29 is 13.9 Å². The Morgan fingerprint density at radius 1 is 1.50 bits per heavy atom. The van der Waals surface area contributed by atoms with E-state index in [4.69, 9.17) is 10.2 Å². The molecule has 0 saturated heterocycles. The summed E-state index contributed by atoms with van der Waals surface area (Å²) in [5.74, 6) is 0.338. The van der Waals surface area contributed by atoms with Gasteiger partial charge in [-0.15, -0.1) is 0 Å². The lowest BCUT2D eigenvalue weighted by molar-refractivity contribution is 0.140. The Balaban J connectivity index is 2.22. The average Bonchev–Trinajstić information content (AvgIpc) is 2.57. The SMILES string of the molecule is NC(=O)OCc1nc2ccccc2o1. The molecule has 0 spiro atoms. The van der Waals surface area contributed by atoms with Crippen LogP contribution >= 0.6 is 0 Å². The fourth-order valence-electron chi connectivity index (χ4n) is 1.11. The maximum Gasteiger partial charge on any atom is 0.405 e. The summed E-state index contributed by atoms with van der Waals surface area (Å²) in [5, 5.41) is 0. The van der Waals surface area contributed by atoms with Gasteiger partial charge in [-0.2, -0.15) is 0 Å². The third-order valence-electron chi connectivity index (χ3n) is 1.68. The Hall–Kier alpha value is -2.04. The third kappa shape index (κ3) is 1.66. The number of rotatable bonds is 2. The van der Waals surface area contributed by atoms with Crippen molar-refractivity contribution in [2.24, 2.45) is 5.73 Å². The number of fused-ring (bicyclic) bond motifs is 1. The summed E-state index contributed by atoms with van der Waals surface area (Å²) in [5.41, 5.74) is 6.20. The summed E-state index contributed by atoms with van der Waals surface area (Å²) < 4.78 is 9.81. The number of carbonyl (C=O) groups is 1. The fourth-order valence-corrected chi connectivity index (χ4v) is 1.11. The molecule has 72 valence electrons. The van der Waals surface area contributed by atoms with Crippen LogP contribution in [0.1, 0.15) is 5.89 Å². The van der Waals surface area contributed by atoms with Gasteiger partial charge in [0.25, 0.3) is 0 Å². The highest BCUT2D eigenvalue weighted by Gasteiger charge is 2.05. The smallest absolute Gasteiger partial charge is 0.405 e. The van der Waals surface area contributed by atoms with Gasteiger partial charge < -0.3 is 14.9 Å². The fraction of sp³-hybridized carbons (Fsp3) is 0.111. The number of benzene rings is 1. The van der Waals surface area contributed by atoms with Crippen LogP contribution in [0.5, 0.6) is 0 Å². The number of nitrogens with zero attached hydrogens (tertiary/aromatic N) is 1. The van der Waals surface area contributed by atoms with Crippen LogP contribution in [0.2, 0.25) is 0 Å². The van der Waals surface area contributed by atoms with E-state index in [2.05, 4.69) is 9.72 Å². The largest absolute Gasteiger partial charge is 0.440 e. The molecule has 1 amide bonds. The molecule has 14 heavy (non-hydrogen) atoms. The summed E-state index contributed by atoms with van der Waals surface area (Å²) in [6.45, 7) is -0.0377. The number of aromatic nitrogens is 1. The van der Waals surface area contributed by atoms with E-state index in [-0.39, 0.29) is 6.61 Å². The molecule has 0 aliphatic heterocycles. The summed E-state index contributed by atoms with van der Waals surface area (Å²) in [7, 11) is 0. The molecule has 5 nitrogen and oxygen atoms in total. The molecule has 0 atom stereocenters. The molecule has 0 bridgehead atoms. The number of hydrogen-bond donors (Lipinski definition) is 1. The lowest BCUT2D eigenvalue weighted by atomic mass is 10.3. The van der Waals surface area contributed by atoms with Crippen LogP contribution in [-0.2, 0) is 11.3 Å². The van der Waals surface area contributed by atoms with Crippen molar-refractivity contribution in [2.45, 2.75) is 6.61 Å². The van der Waals surface area contributed by atoms with Crippen LogP contribution in [0.3, 0.4) is 0 Å². The van der Waals surface area contributed by atoms with Gasteiger partial charge in [0.15, 0.2) is 12.2 Å². The van der Waals surface area contributed by atoms with E-state index in [0.717, 1.165) is 5.52 Å². The highest BCUT2D eigenvalue weighted by atomic mass is 16.6. The number of nitrogens with two attached hydrogens (primary N) is 1. The zero-order valence-corrected chi connectivity index (χ0v) is 7.27. The van der Waals surface area contributed by atoms with Crippen LogP contribution in [-0.4, -0.2) is 11.1 Å². The van der Waals surface area contributed by atoms with Crippen LogP contribution < -0.4 is 5.73 Å². The maximum atomic E-state index is 10.3. The van der Waals surface area contributed by atoms with E-state index in [1.165, 1.54) is 0 Å². The quantitative estimate of drug-likeness (QED) is 0.780. The molecule has 0 radical (unpaired) electrons. The first-order chi connectivity index (χ1) is 6.75. The first kappa shape index (κ1) is 8.55. The van der Waals surface area contributed by atoms with Crippen molar-refractivity contribution in [1.29, 1.82) is 0 Å². The number of ether oxygens (including phenoxy) is 1. The number of oxazole rings is 1. The average molecular weight is 192 g/mol. The second kappa shape index (κ2) is 3.37. The summed E-state index contributed by atoms with van der Waals surface area (Å²) in [6.07, 6.45) is -0.841. The van der Waals surface area contributed by atoms with Crippen molar-refractivity contribution in [3.05, 3.63) is 30.2 Å². The molecular formula is C9H8N2O3. The Morgan fingerprint density at radius 2 is 2.29 bits per heavy atom. The first-order valence-electron chi connectivity index (χ1n) is 4.02. The number of carbonyl (C=O) groups excluding carboxylic acids is 1. The van der Waals surface area contributed by atoms with Gasteiger partial charge in [0, 0.05) is 0 Å². The molecule has 1 heterocycles. The lowest BCUT2D eigenvalue weighted by Gasteiger charge is -1.94. The summed E-state index contributed by atoms with van der Waals surface area (Å²) in [6, 6.07) is 7.29. The van der Waals surface area contributed by atoms with Gasteiger partial charge in [0.2, 0.25) is 5.89 Å². The predicted octanol–water partition coefficient (Wildman–Crippen LogP) is 1.42. The molecule has 2 aromatic rings. The Kier molecular flexibility index (Phi) is 2.06. The van der Waals surface area contributed by atoms with Crippen molar-refractivity contribution in [3.63, 3.8) is 0 Å². The molecular weight excluding hydrogens is 184 g/mol. The maximum absolute atomic E-state index is 10.3. The Labute approximate surface area is 79.5 Å². The number of amides is 1. The minimum Gasteiger partial charge on any atom is -0.440 e. The molecule has 5 heteroatoms. The van der Waals surface area contributed by atoms with E-state index in [0.29, 0.717) is 11.5 Å². The topological polar surface area (TPSA) is 78.4 Å². The Morgan fingerprint density at radius 3 is 3.00 bits per heavy atom.